The van der Waals surface area contributed by atoms with Crippen LogP contribution < -0.4 is 4.90 Å². The predicted molar refractivity (Wildman–Crippen MR) is 135 cm³/mol. The molecule has 0 fully saturated rings. The Hall–Kier alpha value is -3.63. The van der Waals surface area contributed by atoms with Crippen LogP contribution in [0, 0.1) is 0 Å². The van der Waals surface area contributed by atoms with Crippen LogP contribution in [0.5, 0.6) is 0 Å². The van der Waals surface area contributed by atoms with E-state index < -0.39 is 6.09 Å². The molecule has 1 aliphatic rings. The number of amides is 1. The van der Waals surface area contributed by atoms with Crippen molar-refractivity contribution in [2.45, 2.75) is 12.8 Å². The molecule has 4 aromatic rings. The second kappa shape index (κ2) is 8.72. The second-order valence-corrected chi connectivity index (χ2v) is 8.48. The lowest BCUT2D eigenvalue weighted by Crippen LogP contribution is -2.33. The van der Waals surface area contributed by atoms with Crippen LogP contribution in [-0.2, 0) is 4.74 Å². The van der Waals surface area contributed by atoms with E-state index in [9.17, 15) is 4.79 Å². The van der Waals surface area contributed by atoms with Gasteiger partial charge in [-0.2, -0.15) is 0 Å². The lowest BCUT2D eigenvalue weighted by molar-refractivity contribution is 0.150. The minimum Gasteiger partial charge on any atom is -0.448 e. The number of carbonyl (C=O) groups excluding carboxylic acids is 1. The number of halogens is 1. The van der Waals surface area contributed by atoms with E-state index in [0.29, 0.717) is 17.4 Å². The first-order chi connectivity index (χ1) is 16.1. The van der Waals surface area contributed by atoms with Crippen molar-refractivity contribution >= 4 is 39.3 Å². The molecule has 0 radical (unpaired) electrons. The minimum atomic E-state index is -0.413. The third-order valence-electron chi connectivity index (χ3n) is 6.19. The maximum absolute atomic E-state index is 13.1. The predicted octanol–water partition coefficient (Wildman–Crippen LogP) is 7.22. The van der Waals surface area contributed by atoms with Crippen LogP contribution in [-0.4, -0.2) is 24.2 Å². The second-order valence-electron chi connectivity index (χ2n) is 8.02. The fourth-order valence-corrected chi connectivity index (χ4v) is 4.77. The number of rotatable bonds is 5. The standard InChI is InChI=1S/C28H23ClN2O2/c1-3-31(27-15-19-9-8-14-20(18(2)29)25(19)16-30-27)28(32)33-17-26-23-12-6-4-10-21(23)22-11-5-7-13-24(22)26/h4-16,26H,2-3,17H2,1H3. The molecule has 1 heterocycles. The number of ether oxygens (including phenoxy) is 1. The number of anilines is 1. The van der Waals surface area contributed by atoms with Crippen LogP contribution in [0.4, 0.5) is 10.6 Å². The Labute approximate surface area is 198 Å². The molecule has 0 N–H and O–H groups in total. The van der Waals surface area contributed by atoms with Crippen LogP contribution in [0.3, 0.4) is 0 Å². The van der Waals surface area contributed by atoms with Gasteiger partial charge in [0.15, 0.2) is 0 Å². The van der Waals surface area contributed by atoms with E-state index in [1.807, 2.05) is 55.5 Å². The molecule has 164 valence electrons. The van der Waals surface area contributed by atoms with Crippen molar-refractivity contribution in [1.82, 2.24) is 4.98 Å². The van der Waals surface area contributed by atoms with E-state index in [1.54, 1.807) is 11.1 Å². The highest BCUT2D eigenvalue weighted by Gasteiger charge is 2.30. The summed E-state index contributed by atoms with van der Waals surface area (Å²) >= 11 is 6.13. The fraction of sp³-hybridized carbons (Fsp3) is 0.143. The topological polar surface area (TPSA) is 42.4 Å². The zero-order valence-corrected chi connectivity index (χ0v) is 19.0. The van der Waals surface area contributed by atoms with E-state index in [0.717, 1.165) is 16.3 Å². The minimum absolute atomic E-state index is 0.0157. The molecular weight excluding hydrogens is 432 g/mol. The Kier molecular flexibility index (Phi) is 5.61. The van der Waals surface area contributed by atoms with Crippen LogP contribution >= 0.6 is 11.6 Å². The monoisotopic (exact) mass is 454 g/mol. The Balaban J connectivity index is 1.39. The Bertz CT molecular complexity index is 1340. The number of aromatic nitrogens is 1. The van der Waals surface area contributed by atoms with Crippen molar-refractivity contribution in [1.29, 1.82) is 0 Å². The summed E-state index contributed by atoms with van der Waals surface area (Å²) in [5.41, 5.74) is 5.61. The van der Waals surface area contributed by atoms with Gasteiger partial charge in [-0.25, -0.2) is 9.78 Å². The van der Waals surface area contributed by atoms with Gasteiger partial charge in [-0.05, 0) is 40.6 Å². The SMILES string of the molecule is C=C(Cl)c1cccc2cc(N(CC)C(=O)OCC3c4ccccc4-c4ccccc43)ncc12. The maximum Gasteiger partial charge on any atom is 0.415 e. The van der Waals surface area contributed by atoms with Crippen LogP contribution in [0.25, 0.3) is 26.9 Å². The van der Waals surface area contributed by atoms with E-state index >= 15 is 0 Å². The molecule has 1 aliphatic carbocycles. The molecule has 5 heteroatoms. The van der Waals surface area contributed by atoms with Gasteiger partial charge in [-0.3, -0.25) is 4.90 Å². The van der Waals surface area contributed by atoms with Crippen molar-refractivity contribution in [3.63, 3.8) is 0 Å². The molecule has 1 amide bonds. The summed E-state index contributed by atoms with van der Waals surface area (Å²) < 4.78 is 5.83. The van der Waals surface area contributed by atoms with Gasteiger partial charge in [0.05, 0.1) is 0 Å². The maximum atomic E-state index is 13.1. The first-order valence-electron chi connectivity index (χ1n) is 10.9. The molecule has 3 aromatic carbocycles. The zero-order chi connectivity index (χ0) is 22.9. The van der Waals surface area contributed by atoms with Gasteiger partial charge in [0, 0.05) is 34.6 Å². The van der Waals surface area contributed by atoms with Gasteiger partial charge in [-0.15, -0.1) is 0 Å². The summed E-state index contributed by atoms with van der Waals surface area (Å²) in [6.07, 6.45) is 1.32. The quantitative estimate of drug-likeness (QED) is 0.319. The van der Waals surface area contributed by atoms with Gasteiger partial charge in [0.1, 0.15) is 12.4 Å². The largest absolute Gasteiger partial charge is 0.448 e. The van der Waals surface area contributed by atoms with Crippen molar-refractivity contribution < 1.29 is 9.53 Å². The van der Waals surface area contributed by atoms with Gasteiger partial charge in [0.2, 0.25) is 0 Å². The van der Waals surface area contributed by atoms with Crippen molar-refractivity contribution in [2.24, 2.45) is 0 Å². The summed E-state index contributed by atoms with van der Waals surface area (Å²) in [5, 5.41) is 2.29. The normalized spacial score (nSPS) is 12.3. The number of fused-ring (bicyclic) bond motifs is 4. The number of hydrogen-bond acceptors (Lipinski definition) is 3. The summed E-state index contributed by atoms with van der Waals surface area (Å²) in [5.74, 6) is 0.557. The number of benzene rings is 3. The van der Waals surface area contributed by atoms with Crippen LogP contribution in [0.2, 0.25) is 0 Å². The van der Waals surface area contributed by atoms with E-state index in [1.165, 1.54) is 22.3 Å². The third-order valence-corrected chi connectivity index (χ3v) is 6.40. The Morgan fingerprint density at radius 1 is 1.03 bits per heavy atom. The highest BCUT2D eigenvalue weighted by molar-refractivity contribution is 6.49. The van der Waals surface area contributed by atoms with Crippen LogP contribution in [0.15, 0.2) is 85.6 Å². The molecule has 0 aliphatic heterocycles. The van der Waals surface area contributed by atoms with E-state index in [4.69, 9.17) is 16.3 Å². The lowest BCUT2D eigenvalue weighted by atomic mass is 9.98. The molecule has 1 aromatic heterocycles. The molecule has 0 atom stereocenters. The molecular formula is C28H23ClN2O2. The van der Waals surface area contributed by atoms with Crippen molar-refractivity contribution in [3.05, 3.63) is 102 Å². The van der Waals surface area contributed by atoms with Gasteiger partial charge in [-0.1, -0.05) is 84.9 Å². The molecule has 5 rings (SSSR count). The number of nitrogens with zero attached hydrogens (tertiary/aromatic N) is 2. The number of hydrogen-bond donors (Lipinski definition) is 0. The highest BCUT2D eigenvalue weighted by atomic mass is 35.5. The van der Waals surface area contributed by atoms with Crippen molar-refractivity contribution in [2.75, 3.05) is 18.1 Å². The van der Waals surface area contributed by atoms with Gasteiger partial charge in [0.25, 0.3) is 0 Å². The lowest BCUT2D eigenvalue weighted by Gasteiger charge is -2.22. The average Bonchev–Trinajstić information content (AvgIpc) is 3.16. The fourth-order valence-electron chi connectivity index (χ4n) is 4.60. The highest BCUT2D eigenvalue weighted by Crippen LogP contribution is 2.44. The summed E-state index contributed by atoms with van der Waals surface area (Å²) in [4.78, 5) is 19.2. The zero-order valence-electron chi connectivity index (χ0n) is 18.3. The van der Waals surface area contributed by atoms with E-state index in [2.05, 4.69) is 35.8 Å². The number of carbonyl (C=O) groups is 1. The molecule has 0 unspecified atom stereocenters. The summed E-state index contributed by atoms with van der Waals surface area (Å²) in [6, 6.07) is 24.3. The Morgan fingerprint density at radius 2 is 1.70 bits per heavy atom. The van der Waals surface area contributed by atoms with Crippen molar-refractivity contribution in [3.8, 4) is 11.1 Å². The first kappa shape index (κ1) is 21.2. The molecule has 0 saturated heterocycles. The molecule has 0 bridgehead atoms. The summed E-state index contributed by atoms with van der Waals surface area (Å²) in [7, 11) is 0. The van der Waals surface area contributed by atoms with E-state index in [-0.39, 0.29) is 12.5 Å². The average molecular weight is 455 g/mol. The first-order valence-corrected chi connectivity index (χ1v) is 11.3. The van der Waals surface area contributed by atoms with Crippen LogP contribution in [0.1, 0.15) is 29.5 Å². The Morgan fingerprint density at radius 3 is 2.33 bits per heavy atom. The van der Waals surface area contributed by atoms with Gasteiger partial charge < -0.3 is 4.74 Å². The molecule has 0 spiro atoms. The summed E-state index contributed by atoms with van der Waals surface area (Å²) in [6.45, 7) is 6.44. The number of pyridine rings is 1. The molecule has 33 heavy (non-hydrogen) atoms. The van der Waals surface area contributed by atoms with Gasteiger partial charge >= 0.3 is 6.09 Å². The molecule has 4 nitrogen and oxygen atoms in total. The third kappa shape index (κ3) is 3.77. The smallest absolute Gasteiger partial charge is 0.415 e. The molecule has 0 saturated carbocycles.